The van der Waals surface area contributed by atoms with E-state index in [2.05, 4.69) is 15.9 Å². The molecule has 0 atom stereocenters. The molecule has 0 spiro atoms. The molecular weight excluding hydrogens is 335 g/mol. The lowest BCUT2D eigenvalue weighted by Crippen LogP contribution is -2.40. The lowest BCUT2D eigenvalue weighted by molar-refractivity contribution is -0.140. The van der Waals surface area contributed by atoms with Gasteiger partial charge >= 0.3 is 6.18 Å². The maximum Gasteiger partial charge on any atom is 0.406 e. The third-order valence-corrected chi connectivity index (χ3v) is 3.26. The molecule has 0 heterocycles. The molecule has 2 nitrogen and oxygen atoms in total. The lowest BCUT2D eigenvalue weighted by Gasteiger charge is -2.25. The molecule has 0 radical (unpaired) electrons. The van der Waals surface area contributed by atoms with Gasteiger partial charge in [-0.1, -0.05) is 33.6 Å². The van der Waals surface area contributed by atoms with Gasteiger partial charge in [-0.2, -0.15) is 13.2 Å². The molecule has 0 aliphatic carbocycles. The lowest BCUT2D eigenvalue weighted by atomic mass is 9.98. The van der Waals surface area contributed by atoms with E-state index in [1.165, 1.54) is 0 Å². The minimum absolute atomic E-state index is 0.0189. The zero-order valence-corrected chi connectivity index (χ0v) is 13.2. The van der Waals surface area contributed by atoms with Crippen LogP contribution < -0.4 is 0 Å². The number of carbonyl (C=O) groups is 1. The molecule has 0 bridgehead atoms. The SMILES string of the molecule is Cc1cc(C)c(C(=O)N(CCBr)CC(F)(F)F)c(C)c1. The van der Waals surface area contributed by atoms with E-state index < -0.39 is 18.6 Å². The predicted molar refractivity (Wildman–Crippen MR) is 76.4 cm³/mol. The smallest absolute Gasteiger partial charge is 0.329 e. The average Bonchev–Trinajstić information content (AvgIpc) is 2.24. The molecule has 1 rings (SSSR count). The van der Waals surface area contributed by atoms with Crippen molar-refractivity contribution >= 4 is 21.8 Å². The zero-order valence-electron chi connectivity index (χ0n) is 11.6. The second-order valence-electron chi connectivity index (χ2n) is 4.80. The third kappa shape index (κ3) is 4.51. The van der Waals surface area contributed by atoms with E-state index in [0.29, 0.717) is 22.0 Å². The first-order valence-corrected chi connectivity index (χ1v) is 7.27. The average molecular weight is 352 g/mol. The van der Waals surface area contributed by atoms with E-state index in [-0.39, 0.29) is 6.54 Å². The van der Waals surface area contributed by atoms with Gasteiger partial charge in [-0.25, -0.2) is 0 Å². The molecule has 1 amide bonds. The number of carbonyl (C=O) groups excluding carboxylic acids is 1. The van der Waals surface area contributed by atoms with Crippen LogP contribution in [0.15, 0.2) is 12.1 Å². The van der Waals surface area contributed by atoms with Crippen molar-refractivity contribution in [3.05, 3.63) is 34.4 Å². The van der Waals surface area contributed by atoms with Crippen LogP contribution in [0.5, 0.6) is 0 Å². The Morgan fingerprint density at radius 1 is 1.20 bits per heavy atom. The highest BCUT2D eigenvalue weighted by Gasteiger charge is 2.33. The summed E-state index contributed by atoms with van der Waals surface area (Å²) in [5.74, 6) is -0.572. The number of hydrogen-bond donors (Lipinski definition) is 0. The summed E-state index contributed by atoms with van der Waals surface area (Å²) < 4.78 is 37.7. The summed E-state index contributed by atoms with van der Waals surface area (Å²) in [5.41, 5.74) is 2.75. The van der Waals surface area contributed by atoms with Crippen molar-refractivity contribution in [2.24, 2.45) is 0 Å². The summed E-state index contributed by atoms with van der Waals surface area (Å²) in [6, 6.07) is 3.61. The van der Waals surface area contributed by atoms with Gasteiger partial charge in [-0.15, -0.1) is 0 Å². The monoisotopic (exact) mass is 351 g/mol. The van der Waals surface area contributed by atoms with Crippen LogP contribution in [0.1, 0.15) is 27.0 Å². The van der Waals surface area contributed by atoms with E-state index in [9.17, 15) is 18.0 Å². The second kappa shape index (κ2) is 6.61. The summed E-state index contributed by atoms with van der Waals surface area (Å²) in [7, 11) is 0. The van der Waals surface area contributed by atoms with Gasteiger partial charge in [0.05, 0.1) is 0 Å². The first kappa shape index (κ1) is 17.0. The standard InChI is InChI=1S/C14H17BrF3NO/c1-9-6-10(2)12(11(3)7-9)13(20)19(5-4-15)8-14(16,17)18/h6-7H,4-5,8H2,1-3H3. The molecule has 0 N–H and O–H groups in total. The van der Waals surface area contributed by atoms with E-state index in [1.54, 1.807) is 26.0 Å². The van der Waals surface area contributed by atoms with Crippen LogP contribution in [0, 0.1) is 20.8 Å². The summed E-state index contributed by atoms with van der Waals surface area (Å²) in [5, 5.41) is 0.304. The Hall–Kier alpha value is -1.04. The number of rotatable bonds is 4. The molecule has 0 aromatic heterocycles. The highest BCUT2D eigenvalue weighted by atomic mass is 79.9. The summed E-state index contributed by atoms with van der Waals surface area (Å²) in [4.78, 5) is 13.2. The van der Waals surface area contributed by atoms with Crippen molar-refractivity contribution in [1.29, 1.82) is 0 Å². The van der Waals surface area contributed by atoms with Gasteiger partial charge in [-0.3, -0.25) is 4.79 Å². The highest BCUT2D eigenvalue weighted by Crippen LogP contribution is 2.22. The summed E-state index contributed by atoms with van der Waals surface area (Å²) >= 11 is 3.09. The maximum absolute atomic E-state index is 12.6. The number of aryl methyl sites for hydroxylation is 3. The van der Waals surface area contributed by atoms with Gasteiger partial charge in [0.15, 0.2) is 0 Å². The normalized spacial score (nSPS) is 11.6. The van der Waals surface area contributed by atoms with Crippen molar-refractivity contribution in [2.45, 2.75) is 26.9 Å². The van der Waals surface area contributed by atoms with Gasteiger partial charge in [-0.05, 0) is 31.9 Å². The fraction of sp³-hybridized carbons (Fsp3) is 0.500. The van der Waals surface area contributed by atoms with Crippen LogP contribution in [0.25, 0.3) is 0 Å². The Balaban J connectivity index is 3.13. The molecule has 0 unspecified atom stereocenters. The van der Waals surface area contributed by atoms with Gasteiger partial charge in [0.1, 0.15) is 6.54 Å². The highest BCUT2D eigenvalue weighted by molar-refractivity contribution is 9.09. The molecule has 112 valence electrons. The molecule has 0 saturated carbocycles. The second-order valence-corrected chi connectivity index (χ2v) is 5.60. The predicted octanol–water partition coefficient (Wildman–Crippen LogP) is 4.01. The van der Waals surface area contributed by atoms with Gasteiger partial charge in [0, 0.05) is 17.4 Å². The Kier molecular flexibility index (Phi) is 5.62. The van der Waals surface area contributed by atoms with Crippen LogP contribution >= 0.6 is 15.9 Å². The van der Waals surface area contributed by atoms with Crippen LogP contribution in [0.4, 0.5) is 13.2 Å². The van der Waals surface area contributed by atoms with Crippen molar-refractivity contribution in [1.82, 2.24) is 4.90 Å². The van der Waals surface area contributed by atoms with Crippen molar-refractivity contribution in [3.8, 4) is 0 Å². The van der Waals surface area contributed by atoms with E-state index >= 15 is 0 Å². The van der Waals surface area contributed by atoms with Crippen LogP contribution in [0.2, 0.25) is 0 Å². The molecule has 20 heavy (non-hydrogen) atoms. The van der Waals surface area contributed by atoms with Gasteiger partial charge in [0.2, 0.25) is 0 Å². The molecule has 6 heteroatoms. The van der Waals surface area contributed by atoms with E-state index in [4.69, 9.17) is 0 Å². The van der Waals surface area contributed by atoms with Crippen LogP contribution in [0.3, 0.4) is 0 Å². The van der Waals surface area contributed by atoms with Crippen molar-refractivity contribution in [2.75, 3.05) is 18.4 Å². The van der Waals surface area contributed by atoms with Gasteiger partial charge < -0.3 is 4.90 Å². The Morgan fingerprint density at radius 3 is 2.10 bits per heavy atom. The van der Waals surface area contributed by atoms with Crippen LogP contribution in [-0.4, -0.2) is 35.4 Å². The van der Waals surface area contributed by atoms with E-state index in [1.807, 2.05) is 6.92 Å². The topological polar surface area (TPSA) is 20.3 Å². The summed E-state index contributed by atoms with van der Waals surface area (Å²) in [6.45, 7) is 4.16. The number of halogens is 4. The summed E-state index contributed by atoms with van der Waals surface area (Å²) in [6.07, 6.45) is -4.40. The number of nitrogens with zero attached hydrogens (tertiary/aromatic N) is 1. The molecule has 0 aliphatic heterocycles. The van der Waals surface area contributed by atoms with Crippen LogP contribution in [-0.2, 0) is 0 Å². The number of hydrogen-bond acceptors (Lipinski definition) is 1. The molecule has 1 aromatic carbocycles. The fourth-order valence-corrected chi connectivity index (χ4v) is 2.67. The van der Waals surface area contributed by atoms with Crippen molar-refractivity contribution < 1.29 is 18.0 Å². The molecule has 0 aliphatic rings. The Morgan fingerprint density at radius 2 is 1.70 bits per heavy atom. The number of amides is 1. The van der Waals surface area contributed by atoms with Gasteiger partial charge in [0.25, 0.3) is 5.91 Å². The first-order chi connectivity index (χ1) is 9.15. The first-order valence-electron chi connectivity index (χ1n) is 6.15. The molecular formula is C14H17BrF3NO. The molecule has 0 saturated heterocycles. The quantitative estimate of drug-likeness (QED) is 0.750. The van der Waals surface area contributed by atoms with E-state index in [0.717, 1.165) is 10.5 Å². The number of benzene rings is 1. The minimum Gasteiger partial charge on any atom is -0.329 e. The van der Waals surface area contributed by atoms with Crippen molar-refractivity contribution in [3.63, 3.8) is 0 Å². The third-order valence-electron chi connectivity index (χ3n) is 2.90. The largest absolute Gasteiger partial charge is 0.406 e. The maximum atomic E-state index is 12.6. The zero-order chi connectivity index (χ0) is 15.5. The fourth-order valence-electron chi connectivity index (χ4n) is 2.25. The Bertz CT molecular complexity index is 477. The Labute approximate surface area is 125 Å². The molecule has 0 fully saturated rings. The molecule has 1 aromatic rings. The minimum atomic E-state index is -4.40. The number of alkyl halides is 4.